The smallest absolute Gasteiger partial charge is 0.337 e. The fraction of sp³-hybridized carbons (Fsp3) is 0.273. The van der Waals surface area contributed by atoms with Crippen molar-refractivity contribution in [3.05, 3.63) is 65.4 Å². The highest BCUT2D eigenvalue weighted by Gasteiger charge is 2.27. The SMILES string of the molecule is Cc1ccc(Nc2c(-c3ccccc3)c(C(C)(C)C)nn2C)c(C(=O)O)c1. The molecule has 0 bridgehead atoms. The number of aryl methyl sites for hydroxylation is 2. The summed E-state index contributed by atoms with van der Waals surface area (Å²) in [7, 11) is 1.87. The van der Waals surface area contributed by atoms with E-state index in [-0.39, 0.29) is 11.0 Å². The molecule has 1 aromatic heterocycles. The number of nitrogens with zero attached hydrogens (tertiary/aromatic N) is 2. The van der Waals surface area contributed by atoms with Gasteiger partial charge in [-0.1, -0.05) is 62.7 Å². The van der Waals surface area contributed by atoms with Gasteiger partial charge in [0.1, 0.15) is 5.82 Å². The summed E-state index contributed by atoms with van der Waals surface area (Å²) in [6.07, 6.45) is 0. The van der Waals surface area contributed by atoms with E-state index >= 15 is 0 Å². The number of carbonyl (C=O) groups is 1. The Balaban J connectivity index is 2.20. The van der Waals surface area contributed by atoms with Crippen molar-refractivity contribution in [3.63, 3.8) is 0 Å². The maximum atomic E-state index is 11.7. The number of carboxylic acid groups (broad SMARTS) is 1. The largest absolute Gasteiger partial charge is 0.478 e. The molecule has 3 aromatic rings. The predicted molar refractivity (Wildman–Crippen MR) is 109 cm³/mol. The molecular formula is C22H25N3O2. The van der Waals surface area contributed by atoms with Crippen LogP contribution in [0.25, 0.3) is 11.1 Å². The maximum absolute atomic E-state index is 11.7. The van der Waals surface area contributed by atoms with Crippen molar-refractivity contribution in [2.75, 3.05) is 5.32 Å². The minimum absolute atomic E-state index is 0.161. The zero-order valence-electron chi connectivity index (χ0n) is 16.4. The van der Waals surface area contributed by atoms with Crippen molar-refractivity contribution in [3.8, 4) is 11.1 Å². The number of benzene rings is 2. The molecule has 0 unspecified atom stereocenters. The molecule has 140 valence electrons. The lowest BCUT2D eigenvalue weighted by Gasteiger charge is -2.18. The van der Waals surface area contributed by atoms with Gasteiger partial charge in [0.25, 0.3) is 0 Å². The summed E-state index contributed by atoms with van der Waals surface area (Å²) in [5, 5.41) is 17.7. The van der Waals surface area contributed by atoms with Gasteiger partial charge in [0, 0.05) is 18.0 Å². The second kappa shape index (κ2) is 6.91. The van der Waals surface area contributed by atoms with E-state index in [4.69, 9.17) is 5.10 Å². The highest BCUT2D eigenvalue weighted by Crippen LogP contribution is 2.39. The Kier molecular flexibility index (Phi) is 4.79. The number of aromatic carboxylic acids is 1. The molecule has 0 radical (unpaired) electrons. The summed E-state index contributed by atoms with van der Waals surface area (Å²) in [5.74, 6) is -0.182. The van der Waals surface area contributed by atoms with Crippen molar-refractivity contribution in [1.82, 2.24) is 9.78 Å². The average molecular weight is 363 g/mol. The topological polar surface area (TPSA) is 67.2 Å². The van der Waals surface area contributed by atoms with Crippen LogP contribution in [0.15, 0.2) is 48.5 Å². The molecule has 0 amide bonds. The van der Waals surface area contributed by atoms with Gasteiger partial charge < -0.3 is 10.4 Å². The summed E-state index contributed by atoms with van der Waals surface area (Å²) >= 11 is 0. The summed E-state index contributed by atoms with van der Waals surface area (Å²) < 4.78 is 1.79. The van der Waals surface area contributed by atoms with Gasteiger partial charge in [0.2, 0.25) is 0 Å². The van der Waals surface area contributed by atoms with Crippen LogP contribution in [0, 0.1) is 6.92 Å². The van der Waals surface area contributed by atoms with E-state index in [1.54, 1.807) is 16.8 Å². The Morgan fingerprint density at radius 1 is 1.11 bits per heavy atom. The van der Waals surface area contributed by atoms with Crippen LogP contribution < -0.4 is 5.32 Å². The molecule has 1 heterocycles. The summed E-state index contributed by atoms with van der Waals surface area (Å²) in [4.78, 5) is 11.7. The molecule has 0 saturated heterocycles. The maximum Gasteiger partial charge on any atom is 0.337 e. The van der Waals surface area contributed by atoms with Gasteiger partial charge in [0.05, 0.1) is 16.9 Å². The molecule has 2 aromatic carbocycles. The van der Waals surface area contributed by atoms with E-state index in [0.29, 0.717) is 5.69 Å². The molecule has 27 heavy (non-hydrogen) atoms. The first-order valence-electron chi connectivity index (χ1n) is 8.92. The molecular weight excluding hydrogens is 338 g/mol. The third-order valence-corrected chi connectivity index (χ3v) is 4.48. The Hall–Kier alpha value is -3.08. The third kappa shape index (κ3) is 3.72. The molecule has 0 spiro atoms. The fourth-order valence-electron chi connectivity index (χ4n) is 3.14. The first-order chi connectivity index (χ1) is 12.7. The minimum atomic E-state index is -0.958. The van der Waals surface area contributed by atoms with Gasteiger partial charge >= 0.3 is 5.97 Å². The minimum Gasteiger partial charge on any atom is -0.478 e. The van der Waals surface area contributed by atoms with E-state index in [9.17, 15) is 9.90 Å². The number of rotatable bonds is 4. The monoisotopic (exact) mass is 363 g/mol. The number of hydrogen-bond acceptors (Lipinski definition) is 3. The van der Waals surface area contributed by atoms with Crippen molar-refractivity contribution in [1.29, 1.82) is 0 Å². The van der Waals surface area contributed by atoms with Gasteiger partial charge in [-0.2, -0.15) is 5.10 Å². The second-order valence-electron chi connectivity index (χ2n) is 7.79. The van der Waals surface area contributed by atoms with E-state index in [0.717, 1.165) is 28.2 Å². The van der Waals surface area contributed by atoms with Crippen LogP contribution in [0.1, 0.15) is 42.4 Å². The highest BCUT2D eigenvalue weighted by atomic mass is 16.4. The number of anilines is 2. The summed E-state index contributed by atoms with van der Waals surface area (Å²) in [5.41, 5.74) is 4.53. The van der Waals surface area contributed by atoms with Crippen molar-refractivity contribution >= 4 is 17.5 Å². The van der Waals surface area contributed by atoms with Crippen LogP contribution in [0.4, 0.5) is 11.5 Å². The Morgan fingerprint density at radius 2 is 1.78 bits per heavy atom. The molecule has 0 fully saturated rings. The van der Waals surface area contributed by atoms with E-state index < -0.39 is 5.97 Å². The van der Waals surface area contributed by atoms with E-state index in [1.807, 2.05) is 50.4 Å². The van der Waals surface area contributed by atoms with Gasteiger partial charge in [0.15, 0.2) is 0 Å². The quantitative estimate of drug-likeness (QED) is 0.674. The zero-order valence-corrected chi connectivity index (χ0v) is 16.4. The molecule has 5 nitrogen and oxygen atoms in total. The molecule has 0 aliphatic heterocycles. The number of aromatic nitrogens is 2. The predicted octanol–water partition coefficient (Wildman–Crippen LogP) is 5.13. The van der Waals surface area contributed by atoms with Gasteiger partial charge in [-0.25, -0.2) is 4.79 Å². The molecule has 0 aliphatic carbocycles. The Morgan fingerprint density at radius 3 is 2.37 bits per heavy atom. The molecule has 2 N–H and O–H groups in total. The molecule has 0 atom stereocenters. The van der Waals surface area contributed by atoms with Crippen LogP contribution in [0.2, 0.25) is 0 Å². The number of nitrogens with one attached hydrogen (secondary N) is 1. The molecule has 5 heteroatoms. The van der Waals surface area contributed by atoms with Crippen LogP contribution in [0.5, 0.6) is 0 Å². The average Bonchev–Trinajstić information content (AvgIpc) is 2.94. The van der Waals surface area contributed by atoms with Crippen molar-refractivity contribution in [2.45, 2.75) is 33.1 Å². The molecule has 0 aliphatic rings. The normalized spacial score (nSPS) is 11.4. The Labute approximate surface area is 159 Å². The van der Waals surface area contributed by atoms with Gasteiger partial charge in [-0.3, -0.25) is 4.68 Å². The zero-order chi connectivity index (χ0) is 19.8. The van der Waals surface area contributed by atoms with Crippen molar-refractivity contribution in [2.24, 2.45) is 7.05 Å². The first-order valence-corrected chi connectivity index (χ1v) is 8.92. The molecule has 0 saturated carbocycles. The molecule has 3 rings (SSSR count). The third-order valence-electron chi connectivity index (χ3n) is 4.48. The van der Waals surface area contributed by atoms with Crippen molar-refractivity contribution < 1.29 is 9.90 Å². The first kappa shape index (κ1) is 18.7. The van der Waals surface area contributed by atoms with Crippen LogP contribution >= 0.6 is 0 Å². The summed E-state index contributed by atoms with van der Waals surface area (Å²) in [6.45, 7) is 8.26. The van der Waals surface area contributed by atoms with Gasteiger partial charge in [-0.15, -0.1) is 0 Å². The van der Waals surface area contributed by atoms with Crippen LogP contribution in [-0.4, -0.2) is 20.9 Å². The lowest BCUT2D eigenvalue weighted by atomic mass is 9.87. The van der Waals surface area contributed by atoms with Crippen LogP contribution in [0.3, 0.4) is 0 Å². The number of hydrogen-bond donors (Lipinski definition) is 2. The number of carboxylic acids is 1. The standard InChI is InChI=1S/C22H25N3O2/c1-14-11-12-17(16(13-14)21(26)27)23-20-18(15-9-7-6-8-10-15)19(22(2,3)4)24-25(20)5/h6-13,23H,1-5H3,(H,26,27). The highest BCUT2D eigenvalue weighted by molar-refractivity contribution is 5.96. The van der Waals surface area contributed by atoms with Gasteiger partial charge in [-0.05, 0) is 24.6 Å². The van der Waals surface area contributed by atoms with Crippen LogP contribution in [-0.2, 0) is 12.5 Å². The second-order valence-corrected chi connectivity index (χ2v) is 7.79. The Bertz CT molecular complexity index is 983. The lowest BCUT2D eigenvalue weighted by Crippen LogP contribution is -2.13. The lowest BCUT2D eigenvalue weighted by molar-refractivity contribution is 0.0698. The van der Waals surface area contributed by atoms with E-state index in [2.05, 4.69) is 26.1 Å². The fourth-order valence-corrected chi connectivity index (χ4v) is 3.14. The van der Waals surface area contributed by atoms with E-state index in [1.165, 1.54) is 0 Å². The summed E-state index contributed by atoms with van der Waals surface area (Å²) in [6, 6.07) is 15.4.